The summed E-state index contributed by atoms with van der Waals surface area (Å²) in [6, 6.07) is 9.55. The topological polar surface area (TPSA) is 111 Å². The van der Waals surface area contributed by atoms with E-state index in [2.05, 4.69) is 25.9 Å². The molecule has 0 radical (unpaired) electrons. The summed E-state index contributed by atoms with van der Waals surface area (Å²) in [6.07, 6.45) is 0.0120. The van der Waals surface area contributed by atoms with Gasteiger partial charge in [0.1, 0.15) is 22.3 Å². The number of nitrogens with two attached hydrogens (primary N) is 1. The van der Waals surface area contributed by atoms with Gasteiger partial charge in [-0.1, -0.05) is 27.5 Å². The summed E-state index contributed by atoms with van der Waals surface area (Å²) in [6.45, 7) is 0. The average molecular weight is 528 g/mol. The first-order valence-corrected chi connectivity index (χ1v) is 9.95. The predicted molar refractivity (Wildman–Crippen MR) is 112 cm³/mol. The van der Waals surface area contributed by atoms with Gasteiger partial charge in [0.25, 0.3) is 0 Å². The fraction of sp³-hybridized carbons (Fsp3) is 0.100. The Morgan fingerprint density at radius 2 is 1.81 bits per heavy atom. The first-order valence-electron chi connectivity index (χ1n) is 8.78. The number of hydrogen-bond donors (Lipinski definition) is 2. The maximum atomic E-state index is 10.6. The van der Waals surface area contributed by atoms with Crippen LogP contribution in [0, 0.1) is 0 Å². The number of carboxylic acids is 1. The number of alkyl halides is 3. The van der Waals surface area contributed by atoms with Crippen molar-refractivity contribution in [1.29, 1.82) is 0 Å². The highest BCUT2D eigenvalue weighted by Crippen LogP contribution is 2.55. The number of carboxylic acid groups (broad SMARTS) is 1. The number of amidine groups is 1. The third kappa shape index (κ3) is 3.56. The van der Waals surface area contributed by atoms with Gasteiger partial charge in [-0.05, 0) is 30.3 Å². The number of benzene rings is 1. The second-order valence-corrected chi connectivity index (χ2v) is 7.98. The number of pyridine rings is 2. The zero-order valence-electron chi connectivity index (χ0n) is 15.7. The highest BCUT2D eigenvalue weighted by atomic mass is 79.9. The summed E-state index contributed by atoms with van der Waals surface area (Å²) in [5.74, 6) is -0.997. The molecular formula is C20H11BrClF3N4O3. The minimum Gasteiger partial charge on any atom is -0.475 e. The summed E-state index contributed by atoms with van der Waals surface area (Å²) in [4.78, 5) is 22.1. The molecule has 4 heterocycles. The van der Waals surface area contributed by atoms with Crippen LogP contribution < -0.4 is 10.5 Å². The summed E-state index contributed by atoms with van der Waals surface area (Å²) in [5.41, 5.74) is 8.89. The lowest BCUT2D eigenvalue weighted by Crippen LogP contribution is -2.29. The number of rotatable bonds is 0. The molecule has 2 aliphatic heterocycles. The molecule has 0 aliphatic carbocycles. The third-order valence-electron chi connectivity index (χ3n) is 4.79. The molecule has 1 aromatic carbocycles. The molecule has 12 heteroatoms. The fourth-order valence-electron chi connectivity index (χ4n) is 3.54. The van der Waals surface area contributed by atoms with Crippen molar-refractivity contribution in [2.24, 2.45) is 10.7 Å². The van der Waals surface area contributed by atoms with E-state index in [9.17, 15) is 13.2 Å². The van der Waals surface area contributed by atoms with Crippen molar-refractivity contribution in [1.82, 2.24) is 9.97 Å². The van der Waals surface area contributed by atoms with Crippen molar-refractivity contribution in [3.63, 3.8) is 0 Å². The number of aliphatic imine (C=N–C) groups is 1. The Morgan fingerprint density at radius 1 is 1.12 bits per heavy atom. The molecule has 5 rings (SSSR count). The molecule has 1 unspecified atom stereocenters. The number of hydrogen-bond acceptors (Lipinski definition) is 6. The van der Waals surface area contributed by atoms with Gasteiger partial charge >= 0.3 is 12.1 Å². The highest BCUT2D eigenvalue weighted by molar-refractivity contribution is 9.10. The number of carbonyl (C=O) groups is 1. The Bertz CT molecular complexity index is 1230. The molecule has 3 N–H and O–H groups in total. The van der Waals surface area contributed by atoms with Crippen molar-refractivity contribution in [2.75, 3.05) is 0 Å². The smallest absolute Gasteiger partial charge is 0.475 e. The summed E-state index contributed by atoms with van der Waals surface area (Å²) < 4.78 is 38.7. The van der Waals surface area contributed by atoms with Crippen molar-refractivity contribution < 1.29 is 27.8 Å². The lowest BCUT2D eigenvalue weighted by Gasteiger charge is -2.35. The van der Waals surface area contributed by atoms with Crippen LogP contribution in [-0.2, 0) is 10.3 Å². The zero-order chi connectivity index (χ0) is 23.3. The van der Waals surface area contributed by atoms with E-state index < -0.39 is 17.7 Å². The molecule has 2 aliphatic rings. The molecule has 3 aromatic rings. The van der Waals surface area contributed by atoms with Crippen molar-refractivity contribution in [3.8, 4) is 11.5 Å². The van der Waals surface area contributed by atoms with Gasteiger partial charge in [0.05, 0.1) is 6.20 Å². The molecule has 0 amide bonds. The van der Waals surface area contributed by atoms with Gasteiger partial charge in [-0.15, -0.1) is 0 Å². The van der Waals surface area contributed by atoms with Gasteiger partial charge in [-0.3, -0.25) is 4.98 Å². The molecular weight excluding hydrogens is 517 g/mol. The van der Waals surface area contributed by atoms with E-state index in [1.165, 1.54) is 0 Å². The number of halogens is 5. The van der Waals surface area contributed by atoms with Crippen LogP contribution in [0.4, 0.5) is 13.2 Å². The molecule has 1 atom stereocenters. The van der Waals surface area contributed by atoms with Gasteiger partial charge in [-0.25, -0.2) is 14.8 Å². The fourth-order valence-corrected chi connectivity index (χ4v) is 4.06. The van der Waals surface area contributed by atoms with Gasteiger partial charge in [0.15, 0.2) is 5.75 Å². The standard InChI is InChI=1S/C18H10BrClN4O.C2HF3O2/c19-9-1-2-14-12(5-9)18(13-6-16(20)23-8-15(13)25-14)11-3-4-22-7-10(11)17(21)24-18;3-2(4,5)1(6)7/h1-8H,(H2,21,24);(H,6,7). The van der Waals surface area contributed by atoms with E-state index in [0.717, 1.165) is 26.7 Å². The highest BCUT2D eigenvalue weighted by Gasteiger charge is 2.49. The third-order valence-corrected chi connectivity index (χ3v) is 5.49. The van der Waals surface area contributed by atoms with Crippen LogP contribution in [-0.4, -0.2) is 33.1 Å². The average Bonchev–Trinajstić information content (AvgIpc) is 3.03. The lowest BCUT2D eigenvalue weighted by atomic mass is 9.76. The Balaban J connectivity index is 0.000000307. The molecule has 164 valence electrons. The van der Waals surface area contributed by atoms with Crippen LogP contribution in [0.25, 0.3) is 0 Å². The van der Waals surface area contributed by atoms with Crippen molar-refractivity contribution in [3.05, 3.63) is 80.8 Å². The number of aliphatic carboxylic acids is 1. The van der Waals surface area contributed by atoms with Crippen molar-refractivity contribution >= 4 is 39.3 Å². The Morgan fingerprint density at radius 3 is 2.50 bits per heavy atom. The van der Waals surface area contributed by atoms with Crippen molar-refractivity contribution in [2.45, 2.75) is 11.7 Å². The van der Waals surface area contributed by atoms with Gasteiger partial charge < -0.3 is 15.6 Å². The molecule has 32 heavy (non-hydrogen) atoms. The normalized spacial score (nSPS) is 17.8. The van der Waals surface area contributed by atoms with Crippen LogP contribution in [0.1, 0.15) is 22.3 Å². The second kappa shape index (κ2) is 7.75. The first-order chi connectivity index (χ1) is 15.0. The summed E-state index contributed by atoms with van der Waals surface area (Å²) in [5, 5.41) is 7.50. The van der Waals surface area contributed by atoms with Crippen LogP contribution in [0.2, 0.25) is 5.15 Å². The molecule has 1 spiro atoms. The van der Waals surface area contributed by atoms with Crippen LogP contribution >= 0.6 is 27.5 Å². The van der Waals surface area contributed by atoms with Gasteiger partial charge in [-0.2, -0.15) is 13.2 Å². The number of fused-ring (bicyclic) bond motifs is 6. The largest absolute Gasteiger partial charge is 0.490 e. The van der Waals surface area contributed by atoms with Gasteiger partial charge in [0.2, 0.25) is 0 Å². The molecule has 0 bridgehead atoms. The number of nitrogens with zero attached hydrogens (tertiary/aromatic N) is 3. The maximum absolute atomic E-state index is 10.6. The van der Waals surface area contributed by atoms with E-state index in [1.807, 2.05) is 24.3 Å². The molecule has 0 saturated carbocycles. The number of aromatic nitrogens is 2. The van der Waals surface area contributed by atoms with E-state index >= 15 is 0 Å². The maximum Gasteiger partial charge on any atom is 0.490 e. The minimum atomic E-state index is -5.08. The molecule has 0 fully saturated rings. The Labute approximate surface area is 191 Å². The van der Waals surface area contributed by atoms with E-state index in [1.54, 1.807) is 24.7 Å². The van der Waals surface area contributed by atoms with E-state index in [4.69, 9.17) is 37.0 Å². The predicted octanol–water partition coefficient (Wildman–Crippen LogP) is 4.64. The molecule has 7 nitrogen and oxygen atoms in total. The first kappa shape index (κ1) is 22.0. The van der Waals surface area contributed by atoms with Crippen LogP contribution in [0.15, 0.2) is 58.4 Å². The molecule has 2 aromatic heterocycles. The Kier molecular flexibility index (Phi) is 5.33. The molecule has 0 saturated heterocycles. The lowest BCUT2D eigenvalue weighted by molar-refractivity contribution is -0.192. The Hall–Kier alpha value is -3.18. The van der Waals surface area contributed by atoms with E-state index in [0.29, 0.717) is 22.5 Å². The quantitative estimate of drug-likeness (QED) is 0.412. The second-order valence-electron chi connectivity index (χ2n) is 6.68. The van der Waals surface area contributed by atoms with Crippen LogP contribution in [0.5, 0.6) is 11.5 Å². The van der Waals surface area contributed by atoms with E-state index in [-0.39, 0.29) is 0 Å². The zero-order valence-corrected chi connectivity index (χ0v) is 18.0. The van der Waals surface area contributed by atoms with Gasteiger partial charge in [0, 0.05) is 39.1 Å². The monoisotopic (exact) mass is 526 g/mol. The minimum absolute atomic E-state index is 0.372. The van der Waals surface area contributed by atoms with Crippen LogP contribution in [0.3, 0.4) is 0 Å². The number of ether oxygens (including phenoxy) is 1. The summed E-state index contributed by atoms with van der Waals surface area (Å²) in [7, 11) is 0. The summed E-state index contributed by atoms with van der Waals surface area (Å²) >= 11 is 9.74. The SMILES string of the molecule is NC1=NC2(c3cc(Br)ccc3Oc3cnc(Cl)cc32)c2ccncc21.O=C(O)C(F)(F)F.